The molecule has 1 aromatic carbocycles. The van der Waals surface area contributed by atoms with Crippen molar-refractivity contribution in [1.29, 1.82) is 0 Å². The van der Waals surface area contributed by atoms with Gasteiger partial charge in [-0.15, -0.1) is 0 Å². The molecule has 4 nitrogen and oxygen atoms in total. The molecule has 18 heavy (non-hydrogen) atoms. The third-order valence-corrected chi connectivity index (χ3v) is 2.28. The van der Waals surface area contributed by atoms with Crippen molar-refractivity contribution in [1.82, 2.24) is 0 Å². The third-order valence-electron chi connectivity index (χ3n) is 2.28. The molecule has 0 bridgehead atoms. The Morgan fingerprint density at radius 3 is 2.44 bits per heavy atom. The highest BCUT2D eigenvalue weighted by atomic mass is 16.5. The summed E-state index contributed by atoms with van der Waals surface area (Å²) < 4.78 is 5.46. The maximum absolute atomic E-state index is 11.5. The van der Waals surface area contributed by atoms with Gasteiger partial charge in [0.05, 0.1) is 6.61 Å². The van der Waals surface area contributed by atoms with Crippen molar-refractivity contribution in [3.8, 4) is 5.75 Å². The van der Waals surface area contributed by atoms with Gasteiger partial charge in [0, 0.05) is 11.6 Å². The molecular weight excluding hydrogens is 232 g/mol. The van der Waals surface area contributed by atoms with Crippen LogP contribution < -0.4 is 4.74 Å². The SMILES string of the molecule is CCCCOc1ccc(C(=O)C=CC(=O)O)cc1. The molecule has 0 saturated carbocycles. The fourth-order valence-corrected chi connectivity index (χ4v) is 1.29. The summed E-state index contributed by atoms with van der Waals surface area (Å²) in [6, 6.07) is 6.65. The second-order valence-corrected chi connectivity index (χ2v) is 3.76. The van der Waals surface area contributed by atoms with E-state index in [9.17, 15) is 9.59 Å². The average Bonchev–Trinajstić information content (AvgIpc) is 2.37. The van der Waals surface area contributed by atoms with Gasteiger partial charge in [-0.05, 0) is 36.8 Å². The Labute approximate surface area is 106 Å². The van der Waals surface area contributed by atoms with Crippen LogP contribution in [0.2, 0.25) is 0 Å². The quantitative estimate of drug-likeness (QED) is 0.458. The zero-order chi connectivity index (χ0) is 13.4. The molecule has 96 valence electrons. The lowest BCUT2D eigenvalue weighted by Crippen LogP contribution is -1.99. The summed E-state index contributed by atoms with van der Waals surface area (Å²) in [4.78, 5) is 21.8. The number of carbonyl (C=O) groups is 2. The Morgan fingerprint density at radius 2 is 1.89 bits per heavy atom. The molecule has 0 aromatic heterocycles. The molecule has 0 unspecified atom stereocenters. The number of carboxylic acids is 1. The van der Waals surface area contributed by atoms with Crippen molar-refractivity contribution in [3.63, 3.8) is 0 Å². The predicted octanol–water partition coefficient (Wildman–Crippen LogP) is 2.69. The van der Waals surface area contributed by atoms with Crippen LogP contribution in [0.15, 0.2) is 36.4 Å². The summed E-state index contributed by atoms with van der Waals surface area (Å²) in [6.07, 6.45) is 3.92. The molecule has 0 fully saturated rings. The Morgan fingerprint density at radius 1 is 1.22 bits per heavy atom. The molecule has 1 aromatic rings. The highest BCUT2D eigenvalue weighted by molar-refractivity contribution is 6.06. The molecule has 0 atom stereocenters. The van der Waals surface area contributed by atoms with Crippen LogP contribution in [0.25, 0.3) is 0 Å². The van der Waals surface area contributed by atoms with Gasteiger partial charge in [-0.25, -0.2) is 4.79 Å². The molecule has 4 heteroatoms. The van der Waals surface area contributed by atoms with E-state index >= 15 is 0 Å². The zero-order valence-corrected chi connectivity index (χ0v) is 10.3. The molecule has 0 heterocycles. The minimum absolute atomic E-state index is 0.336. The largest absolute Gasteiger partial charge is 0.494 e. The number of ketones is 1. The first-order chi connectivity index (χ1) is 8.63. The Hall–Kier alpha value is -2.10. The van der Waals surface area contributed by atoms with Gasteiger partial charge in [0.2, 0.25) is 0 Å². The molecular formula is C14H16O4. The fourth-order valence-electron chi connectivity index (χ4n) is 1.29. The lowest BCUT2D eigenvalue weighted by molar-refractivity contribution is -0.131. The number of rotatable bonds is 7. The summed E-state index contributed by atoms with van der Waals surface area (Å²) in [7, 11) is 0. The van der Waals surface area contributed by atoms with Crippen LogP contribution in [0.5, 0.6) is 5.75 Å². The fraction of sp³-hybridized carbons (Fsp3) is 0.286. The van der Waals surface area contributed by atoms with Gasteiger partial charge in [0.15, 0.2) is 5.78 Å². The Bertz CT molecular complexity index is 432. The minimum Gasteiger partial charge on any atom is -0.494 e. The maximum atomic E-state index is 11.5. The number of carbonyl (C=O) groups excluding carboxylic acids is 1. The van der Waals surface area contributed by atoms with Gasteiger partial charge in [-0.2, -0.15) is 0 Å². The number of aliphatic carboxylic acids is 1. The highest BCUT2D eigenvalue weighted by Gasteiger charge is 2.02. The van der Waals surface area contributed by atoms with E-state index in [1.165, 1.54) is 0 Å². The van der Waals surface area contributed by atoms with Crippen molar-refractivity contribution < 1.29 is 19.4 Å². The van der Waals surface area contributed by atoms with Crippen LogP contribution in [-0.2, 0) is 4.79 Å². The van der Waals surface area contributed by atoms with Crippen LogP contribution in [0.3, 0.4) is 0 Å². The second-order valence-electron chi connectivity index (χ2n) is 3.76. The lowest BCUT2D eigenvalue weighted by Gasteiger charge is -2.05. The van der Waals surface area contributed by atoms with E-state index in [2.05, 4.69) is 6.92 Å². The standard InChI is InChI=1S/C14H16O4/c1-2-3-10-18-12-6-4-11(5-7-12)13(15)8-9-14(16)17/h4-9H,2-3,10H2,1H3,(H,16,17). The van der Waals surface area contributed by atoms with Crippen molar-refractivity contribution in [3.05, 3.63) is 42.0 Å². The van der Waals surface area contributed by atoms with E-state index in [0.717, 1.165) is 25.0 Å². The normalized spacial score (nSPS) is 10.5. The number of ether oxygens (including phenoxy) is 1. The minimum atomic E-state index is -1.14. The first-order valence-electron chi connectivity index (χ1n) is 5.81. The molecule has 0 aliphatic rings. The van der Waals surface area contributed by atoms with Gasteiger partial charge >= 0.3 is 5.97 Å². The molecule has 0 amide bonds. The molecule has 0 aliphatic carbocycles. The topological polar surface area (TPSA) is 63.6 Å². The van der Waals surface area contributed by atoms with E-state index in [4.69, 9.17) is 9.84 Å². The van der Waals surface area contributed by atoms with Crippen molar-refractivity contribution in [2.24, 2.45) is 0 Å². The number of hydrogen-bond acceptors (Lipinski definition) is 3. The Kier molecular flexibility index (Phi) is 5.64. The average molecular weight is 248 g/mol. The number of benzene rings is 1. The van der Waals surface area contributed by atoms with Crippen LogP contribution >= 0.6 is 0 Å². The molecule has 0 spiro atoms. The highest BCUT2D eigenvalue weighted by Crippen LogP contribution is 2.13. The second kappa shape index (κ2) is 7.27. The molecule has 0 radical (unpaired) electrons. The summed E-state index contributed by atoms with van der Waals surface area (Å²) in [6.45, 7) is 2.74. The van der Waals surface area contributed by atoms with Crippen LogP contribution in [-0.4, -0.2) is 23.5 Å². The van der Waals surface area contributed by atoms with E-state index in [-0.39, 0.29) is 5.78 Å². The molecule has 1 rings (SSSR count). The van der Waals surface area contributed by atoms with Crippen molar-refractivity contribution in [2.45, 2.75) is 19.8 Å². The Balaban J connectivity index is 2.59. The van der Waals surface area contributed by atoms with Crippen LogP contribution in [0.4, 0.5) is 0 Å². The van der Waals surface area contributed by atoms with Crippen LogP contribution in [0, 0.1) is 0 Å². The third kappa shape index (κ3) is 4.82. The number of carboxylic acid groups (broad SMARTS) is 1. The summed E-state index contributed by atoms with van der Waals surface area (Å²) >= 11 is 0. The van der Waals surface area contributed by atoms with Gasteiger partial charge in [0.25, 0.3) is 0 Å². The molecule has 1 N–H and O–H groups in total. The van der Waals surface area contributed by atoms with Gasteiger partial charge in [0.1, 0.15) is 5.75 Å². The summed E-state index contributed by atoms with van der Waals surface area (Å²) in [5.74, 6) is -0.761. The summed E-state index contributed by atoms with van der Waals surface area (Å²) in [5.41, 5.74) is 0.440. The molecule has 0 saturated heterocycles. The van der Waals surface area contributed by atoms with E-state index in [0.29, 0.717) is 17.9 Å². The molecule has 0 aliphatic heterocycles. The number of unbranched alkanes of at least 4 members (excludes halogenated alkanes) is 1. The maximum Gasteiger partial charge on any atom is 0.328 e. The van der Waals surface area contributed by atoms with Crippen molar-refractivity contribution >= 4 is 11.8 Å². The van der Waals surface area contributed by atoms with E-state index in [1.807, 2.05) is 0 Å². The van der Waals surface area contributed by atoms with Gasteiger partial charge in [-0.3, -0.25) is 4.79 Å². The van der Waals surface area contributed by atoms with Gasteiger partial charge < -0.3 is 9.84 Å². The smallest absolute Gasteiger partial charge is 0.328 e. The predicted molar refractivity (Wildman–Crippen MR) is 68.0 cm³/mol. The summed E-state index contributed by atoms with van der Waals surface area (Å²) in [5, 5.41) is 8.41. The van der Waals surface area contributed by atoms with Crippen molar-refractivity contribution in [2.75, 3.05) is 6.61 Å². The first-order valence-corrected chi connectivity index (χ1v) is 5.81. The van der Waals surface area contributed by atoms with Crippen LogP contribution in [0.1, 0.15) is 30.1 Å². The lowest BCUT2D eigenvalue weighted by atomic mass is 10.1. The van der Waals surface area contributed by atoms with E-state index < -0.39 is 5.97 Å². The first kappa shape index (κ1) is 14.0. The number of allylic oxidation sites excluding steroid dienone is 1. The number of hydrogen-bond donors (Lipinski definition) is 1. The van der Waals surface area contributed by atoms with E-state index in [1.54, 1.807) is 24.3 Å². The zero-order valence-electron chi connectivity index (χ0n) is 10.3. The monoisotopic (exact) mass is 248 g/mol. The van der Waals surface area contributed by atoms with Gasteiger partial charge in [-0.1, -0.05) is 13.3 Å².